The van der Waals surface area contributed by atoms with Crippen LogP contribution >= 0.6 is 0 Å². The molecule has 0 spiro atoms. The summed E-state index contributed by atoms with van der Waals surface area (Å²) in [5.41, 5.74) is -0.502. The van der Waals surface area contributed by atoms with Crippen molar-refractivity contribution in [3.05, 3.63) is 41.7 Å². The van der Waals surface area contributed by atoms with Crippen LogP contribution in [-0.4, -0.2) is 15.5 Å². The van der Waals surface area contributed by atoms with Crippen molar-refractivity contribution in [2.45, 2.75) is 4.90 Å². The Morgan fingerprint density at radius 2 is 2.00 bits per heavy atom. The summed E-state index contributed by atoms with van der Waals surface area (Å²) in [5, 5.41) is 8.56. The van der Waals surface area contributed by atoms with Gasteiger partial charge in [-0.15, -0.1) is 0 Å². The van der Waals surface area contributed by atoms with Crippen molar-refractivity contribution in [1.82, 2.24) is 0 Å². The fourth-order valence-electron chi connectivity index (χ4n) is 0.926. The minimum atomic E-state index is -3.90. The molecule has 0 amide bonds. The molecule has 7 heteroatoms. The molecular formula is C9H9FN2O2SY-2. The van der Waals surface area contributed by atoms with Crippen LogP contribution < -0.4 is 0 Å². The average molecular weight is 317 g/mol. The quantitative estimate of drug-likeness (QED) is 0.781. The van der Waals surface area contributed by atoms with Gasteiger partial charge in [-0.1, -0.05) is 6.07 Å². The third-order valence-electron chi connectivity index (χ3n) is 1.61. The second kappa shape index (κ2) is 7.07. The molecular weight excluding hydrogens is 308 g/mol. The number of nitriles is 1. The first kappa shape index (κ1) is 18.0. The molecule has 0 heterocycles. The SMILES string of the molecule is C[N-]S(=O)(=O)c1cccc(F)c1C#N.[CH3-].[Y]. The van der Waals surface area contributed by atoms with Crippen molar-refractivity contribution in [2.24, 2.45) is 0 Å². The standard InChI is InChI=1S/C8H6FN2O2S.CH3.Y/c1-11-14(12,13)8-4-2-3-7(9)6(8)5-10;;/h2-4H,1H3;1H3;/q2*-1;. The van der Waals surface area contributed by atoms with Crippen LogP contribution in [0.25, 0.3) is 4.72 Å². The molecule has 0 bridgehead atoms. The Hall–Kier alpha value is -0.346. The van der Waals surface area contributed by atoms with E-state index in [4.69, 9.17) is 5.26 Å². The van der Waals surface area contributed by atoms with Crippen LogP contribution in [0.5, 0.6) is 0 Å². The maximum atomic E-state index is 13.0. The zero-order chi connectivity index (χ0) is 10.8. The molecule has 0 N–H and O–H groups in total. The summed E-state index contributed by atoms with van der Waals surface area (Å²) in [6.45, 7) is 0. The van der Waals surface area contributed by atoms with Crippen LogP contribution in [0, 0.1) is 24.6 Å². The number of halogens is 1. The molecule has 1 radical (unpaired) electrons. The summed E-state index contributed by atoms with van der Waals surface area (Å²) in [7, 11) is -2.83. The van der Waals surface area contributed by atoms with Gasteiger partial charge in [0, 0.05) is 32.7 Å². The Kier molecular flexibility index (Phi) is 7.97. The van der Waals surface area contributed by atoms with Gasteiger partial charge in [-0.25, -0.2) is 12.8 Å². The van der Waals surface area contributed by atoms with Crippen molar-refractivity contribution in [1.29, 1.82) is 5.26 Å². The Balaban J connectivity index is 0. The van der Waals surface area contributed by atoms with Gasteiger partial charge in [-0.05, 0) is 12.1 Å². The third-order valence-corrected chi connectivity index (χ3v) is 2.98. The Morgan fingerprint density at radius 3 is 2.44 bits per heavy atom. The van der Waals surface area contributed by atoms with Crippen LogP contribution in [-0.2, 0) is 42.7 Å². The Bertz CT molecular complexity index is 497. The summed E-state index contributed by atoms with van der Waals surface area (Å²) < 4.78 is 38.6. The molecule has 0 aliphatic carbocycles. The van der Waals surface area contributed by atoms with Gasteiger partial charge in [-0.2, -0.15) is 12.3 Å². The van der Waals surface area contributed by atoms with Crippen LogP contribution in [0.3, 0.4) is 0 Å². The molecule has 16 heavy (non-hydrogen) atoms. The molecule has 0 saturated carbocycles. The van der Waals surface area contributed by atoms with Crippen molar-refractivity contribution in [3.63, 3.8) is 0 Å². The number of hydrogen-bond donors (Lipinski definition) is 0. The van der Waals surface area contributed by atoms with Crippen LogP contribution in [0.1, 0.15) is 5.56 Å². The van der Waals surface area contributed by atoms with Gasteiger partial charge in [0.05, 0.1) is 4.90 Å². The van der Waals surface area contributed by atoms with E-state index < -0.39 is 26.3 Å². The van der Waals surface area contributed by atoms with Gasteiger partial charge in [0.25, 0.3) is 0 Å². The Labute approximate surface area is 120 Å². The van der Waals surface area contributed by atoms with Gasteiger partial charge in [0.1, 0.15) is 27.5 Å². The molecule has 4 nitrogen and oxygen atoms in total. The zero-order valence-electron chi connectivity index (χ0n) is 8.81. The average Bonchev–Trinajstić information content (AvgIpc) is 2.17. The van der Waals surface area contributed by atoms with Crippen molar-refractivity contribution in [2.75, 3.05) is 7.05 Å². The van der Waals surface area contributed by atoms with E-state index in [0.29, 0.717) is 0 Å². The molecule has 0 aromatic heterocycles. The molecule has 0 saturated heterocycles. The minimum absolute atomic E-state index is 0. The first-order valence-corrected chi connectivity index (χ1v) is 5.01. The normalized spacial score (nSPS) is 9.56. The number of benzene rings is 1. The molecule has 0 unspecified atom stereocenters. The van der Waals surface area contributed by atoms with Gasteiger partial charge in [-0.3, -0.25) is 0 Å². The van der Waals surface area contributed by atoms with Gasteiger partial charge in [0.15, 0.2) is 0 Å². The van der Waals surface area contributed by atoms with Crippen LogP contribution in [0.4, 0.5) is 4.39 Å². The van der Waals surface area contributed by atoms with E-state index in [2.05, 4.69) is 4.72 Å². The summed E-state index contributed by atoms with van der Waals surface area (Å²) >= 11 is 0. The number of hydrogen-bond acceptors (Lipinski definition) is 3. The molecule has 0 aliphatic heterocycles. The monoisotopic (exact) mass is 317 g/mol. The molecule has 85 valence electrons. The number of rotatable bonds is 2. The second-order valence-electron chi connectivity index (χ2n) is 2.38. The summed E-state index contributed by atoms with van der Waals surface area (Å²) in [5.74, 6) is -0.864. The second-order valence-corrected chi connectivity index (χ2v) is 4.14. The van der Waals surface area contributed by atoms with E-state index in [9.17, 15) is 12.8 Å². The van der Waals surface area contributed by atoms with E-state index in [0.717, 1.165) is 19.2 Å². The van der Waals surface area contributed by atoms with E-state index in [1.54, 1.807) is 0 Å². The summed E-state index contributed by atoms with van der Waals surface area (Å²) in [6, 6.07) is 4.87. The summed E-state index contributed by atoms with van der Waals surface area (Å²) in [4.78, 5) is -0.400. The number of nitrogens with zero attached hydrogens (tertiary/aromatic N) is 2. The van der Waals surface area contributed by atoms with E-state index >= 15 is 0 Å². The molecule has 0 atom stereocenters. The minimum Gasteiger partial charge on any atom is -0.547 e. The van der Waals surface area contributed by atoms with Crippen LogP contribution in [0.2, 0.25) is 0 Å². The third kappa shape index (κ3) is 3.60. The van der Waals surface area contributed by atoms with E-state index in [1.807, 2.05) is 0 Å². The number of sulfonamides is 1. The van der Waals surface area contributed by atoms with Gasteiger partial charge in [0.2, 0.25) is 0 Å². The first-order chi connectivity index (χ1) is 6.53. The topological polar surface area (TPSA) is 72.0 Å². The Morgan fingerprint density at radius 1 is 1.44 bits per heavy atom. The largest absolute Gasteiger partial charge is 0.547 e. The van der Waals surface area contributed by atoms with Gasteiger partial charge >= 0.3 is 0 Å². The van der Waals surface area contributed by atoms with Gasteiger partial charge < -0.3 is 12.1 Å². The van der Waals surface area contributed by atoms with Crippen molar-refractivity contribution in [3.8, 4) is 6.07 Å². The maximum absolute atomic E-state index is 13.0. The zero-order valence-corrected chi connectivity index (χ0v) is 12.5. The molecule has 1 aromatic rings. The fraction of sp³-hybridized carbons (Fsp3) is 0.111. The predicted molar refractivity (Wildman–Crippen MR) is 54.0 cm³/mol. The first-order valence-electron chi connectivity index (χ1n) is 3.57. The summed E-state index contributed by atoms with van der Waals surface area (Å²) in [6.07, 6.45) is 0. The van der Waals surface area contributed by atoms with Crippen molar-refractivity contribution < 1.29 is 45.5 Å². The smallest absolute Gasteiger partial charge is 0.142 e. The molecule has 1 aromatic carbocycles. The maximum Gasteiger partial charge on any atom is 0.142 e. The predicted octanol–water partition coefficient (Wildman–Crippen LogP) is 1.84. The van der Waals surface area contributed by atoms with E-state index in [1.165, 1.54) is 12.1 Å². The molecule has 0 fully saturated rings. The molecule has 0 aliphatic rings. The van der Waals surface area contributed by atoms with Crippen molar-refractivity contribution >= 4 is 10.0 Å². The van der Waals surface area contributed by atoms with Crippen LogP contribution in [0.15, 0.2) is 23.1 Å². The molecule has 1 rings (SSSR count). The fourth-order valence-corrected chi connectivity index (χ4v) is 1.77. The van der Waals surface area contributed by atoms with E-state index in [-0.39, 0.29) is 40.1 Å².